The van der Waals surface area contributed by atoms with Crippen LogP contribution in [0.15, 0.2) is 52.6 Å². The molecule has 0 amide bonds. The van der Waals surface area contributed by atoms with Crippen LogP contribution in [0.2, 0.25) is 0 Å². The van der Waals surface area contributed by atoms with Crippen LogP contribution < -0.4 is 0 Å². The molecule has 0 spiro atoms. The summed E-state index contributed by atoms with van der Waals surface area (Å²) in [7, 11) is 0. The number of tetrazole rings is 1. The Balaban J connectivity index is 1.51. The number of pyridine rings is 1. The Kier molecular flexibility index (Phi) is 6.92. The molecule has 1 aliphatic heterocycles. The fraction of sp³-hybridized carbons (Fsp3) is 0.417. The molecule has 0 saturated heterocycles. The van der Waals surface area contributed by atoms with Gasteiger partial charge in [0.2, 0.25) is 5.82 Å². The van der Waals surface area contributed by atoms with Crippen LogP contribution in [0.25, 0.3) is 22.6 Å². The molecule has 1 aromatic carbocycles. The second-order valence-corrected chi connectivity index (χ2v) is 7.91. The minimum absolute atomic E-state index is 0.151. The number of aromatic nitrogens is 5. The largest absolute Gasteiger partial charge is 0.261 e. The van der Waals surface area contributed by atoms with E-state index in [9.17, 15) is 0 Å². The third-order valence-corrected chi connectivity index (χ3v) is 5.55. The molecular weight excluding hydrogens is 386 g/mol. The molecular formula is C24H29N7. The first-order valence-corrected chi connectivity index (χ1v) is 11.2. The predicted octanol–water partition coefficient (Wildman–Crippen LogP) is 5.07. The van der Waals surface area contributed by atoms with Gasteiger partial charge in [0.1, 0.15) is 5.84 Å². The van der Waals surface area contributed by atoms with E-state index in [4.69, 9.17) is 15.0 Å². The van der Waals surface area contributed by atoms with Crippen molar-refractivity contribution in [3.05, 3.63) is 48.2 Å². The molecule has 0 fully saturated rings. The molecule has 31 heavy (non-hydrogen) atoms. The maximum Gasteiger partial charge on any atom is 0.205 e. The topological polar surface area (TPSA) is 92.1 Å². The van der Waals surface area contributed by atoms with Crippen LogP contribution in [0.1, 0.15) is 57.9 Å². The molecule has 160 valence electrons. The van der Waals surface area contributed by atoms with Crippen molar-refractivity contribution in [1.29, 1.82) is 0 Å². The minimum Gasteiger partial charge on any atom is -0.261 e. The number of aliphatic imine (C=N–C) groups is 2. The Morgan fingerprint density at radius 2 is 1.74 bits per heavy atom. The van der Waals surface area contributed by atoms with Crippen LogP contribution in [0.5, 0.6) is 0 Å². The predicted molar refractivity (Wildman–Crippen MR) is 124 cm³/mol. The number of hydrogen-bond donors (Lipinski definition) is 1. The molecule has 2 aromatic heterocycles. The molecule has 0 aliphatic carbocycles. The lowest BCUT2D eigenvalue weighted by atomic mass is 9.99. The molecule has 0 saturated carbocycles. The van der Waals surface area contributed by atoms with Gasteiger partial charge in [-0.05, 0) is 36.1 Å². The number of amidine groups is 1. The third kappa shape index (κ3) is 5.10. The summed E-state index contributed by atoms with van der Waals surface area (Å²) in [5, 5.41) is 14.4. The summed E-state index contributed by atoms with van der Waals surface area (Å²) in [5.41, 5.74) is 5.20. The normalized spacial score (nSPS) is 15.7. The van der Waals surface area contributed by atoms with Crippen molar-refractivity contribution < 1.29 is 0 Å². The molecule has 3 aromatic rings. The highest BCUT2D eigenvalue weighted by atomic mass is 15.5. The zero-order valence-electron chi connectivity index (χ0n) is 18.3. The summed E-state index contributed by atoms with van der Waals surface area (Å²) < 4.78 is 0. The number of benzene rings is 1. The summed E-state index contributed by atoms with van der Waals surface area (Å²) in [6.07, 6.45) is 9.46. The van der Waals surface area contributed by atoms with Gasteiger partial charge in [0.25, 0.3) is 0 Å². The fourth-order valence-corrected chi connectivity index (χ4v) is 3.83. The molecule has 1 aliphatic rings. The monoisotopic (exact) mass is 415 g/mol. The SMILES string of the molecule is CCCCC1=NC(Cc2ccc(-c3ccccc3-c3nn[nH]n3)nc2)C(CCCC)=N1. The van der Waals surface area contributed by atoms with E-state index in [2.05, 4.69) is 46.6 Å². The maximum absolute atomic E-state index is 4.94. The Labute approximate surface area is 183 Å². The van der Waals surface area contributed by atoms with Gasteiger partial charge >= 0.3 is 0 Å². The quantitative estimate of drug-likeness (QED) is 0.500. The molecule has 7 nitrogen and oxygen atoms in total. The van der Waals surface area contributed by atoms with Gasteiger partial charge in [-0.2, -0.15) is 5.21 Å². The second kappa shape index (κ2) is 10.2. The second-order valence-electron chi connectivity index (χ2n) is 7.91. The Morgan fingerprint density at radius 3 is 2.45 bits per heavy atom. The van der Waals surface area contributed by atoms with Crippen molar-refractivity contribution in [2.45, 2.75) is 64.8 Å². The third-order valence-electron chi connectivity index (χ3n) is 5.55. The molecule has 1 unspecified atom stereocenters. The molecule has 3 heterocycles. The number of nitrogens with one attached hydrogen (secondary N) is 1. The van der Waals surface area contributed by atoms with Crippen LogP contribution in [0, 0.1) is 0 Å². The Bertz CT molecular complexity index is 1040. The first-order valence-electron chi connectivity index (χ1n) is 11.2. The lowest BCUT2D eigenvalue weighted by Gasteiger charge is -2.12. The highest BCUT2D eigenvalue weighted by molar-refractivity contribution is 6.06. The van der Waals surface area contributed by atoms with Gasteiger partial charge < -0.3 is 0 Å². The Hall–Kier alpha value is -3.22. The van der Waals surface area contributed by atoms with Gasteiger partial charge in [-0.1, -0.05) is 57.0 Å². The standard InChI is InChI=1S/C24H29N7/c1-3-5-11-21-22(27-23(26-21)12-6-4-2)15-17-13-14-20(25-16-17)18-9-7-8-10-19(18)24-28-30-31-29-24/h7-10,13-14,16,22H,3-6,11-12,15H2,1-2H3,(H,28,29,30,31). The minimum atomic E-state index is 0.151. The molecule has 7 heteroatoms. The average molecular weight is 416 g/mol. The summed E-state index contributed by atoms with van der Waals surface area (Å²) in [6.45, 7) is 4.43. The maximum atomic E-state index is 4.94. The Morgan fingerprint density at radius 1 is 0.935 bits per heavy atom. The lowest BCUT2D eigenvalue weighted by molar-refractivity contribution is 0.783. The van der Waals surface area contributed by atoms with E-state index >= 15 is 0 Å². The smallest absolute Gasteiger partial charge is 0.205 e. The van der Waals surface area contributed by atoms with Crippen molar-refractivity contribution in [3.8, 4) is 22.6 Å². The van der Waals surface area contributed by atoms with E-state index in [-0.39, 0.29) is 6.04 Å². The van der Waals surface area contributed by atoms with E-state index in [1.807, 2.05) is 30.5 Å². The molecule has 1 atom stereocenters. The summed E-state index contributed by atoms with van der Waals surface area (Å²) >= 11 is 0. The number of H-pyrrole nitrogens is 1. The average Bonchev–Trinajstić information content (AvgIpc) is 3.47. The van der Waals surface area contributed by atoms with Crippen molar-refractivity contribution in [2.75, 3.05) is 0 Å². The van der Waals surface area contributed by atoms with Crippen molar-refractivity contribution >= 4 is 11.5 Å². The van der Waals surface area contributed by atoms with Crippen LogP contribution in [0.3, 0.4) is 0 Å². The van der Waals surface area contributed by atoms with E-state index in [1.54, 1.807) is 0 Å². The van der Waals surface area contributed by atoms with Gasteiger partial charge in [0, 0.05) is 35.9 Å². The number of hydrogen-bond acceptors (Lipinski definition) is 6. The molecule has 0 bridgehead atoms. The van der Waals surface area contributed by atoms with Crippen LogP contribution in [-0.4, -0.2) is 43.2 Å². The van der Waals surface area contributed by atoms with E-state index in [0.29, 0.717) is 5.82 Å². The van der Waals surface area contributed by atoms with Gasteiger partial charge in [-0.15, -0.1) is 10.2 Å². The summed E-state index contributed by atoms with van der Waals surface area (Å²) in [4.78, 5) is 14.6. The van der Waals surface area contributed by atoms with E-state index < -0.39 is 0 Å². The number of aromatic amines is 1. The fourth-order valence-electron chi connectivity index (χ4n) is 3.83. The molecule has 4 rings (SSSR count). The van der Waals surface area contributed by atoms with Crippen LogP contribution in [-0.2, 0) is 6.42 Å². The number of nitrogens with zero attached hydrogens (tertiary/aromatic N) is 6. The number of unbranched alkanes of at least 4 members (excludes halogenated alkanes) is 2. The van der Waals surface area contributed by atoms with Crippen molar-refractivity contribution in [2.24, 2.45) is 9.98 Å². The zero-order chi connectivity index (χ0) is 21.5. The highest BCUT2D eigenvalue weighted by Gasteiger charge is 2.22. The molecule has 0 radical (unpaired) electrons. The van der Waals surface area contributed by atoms with Crippen LogP contribution >= 0.6 is 0 Å². The summed E-state index contributed by atoms with van der Waals surface area (Å²) in [5.74, 6) is 1.59. The lowest BCUT2D eigenvalue weighted by Crippen LogP contribution is -2.18. The van der Waals surface area contributed by atoms with Gasteiger partial charge in [-0.3, -0.25) is 9.98 Å². The molecule has 1 N–H and O–H groups in total. The van der Waals surface area contributed by atoms with Gasteiger partial charge in [0.15, 0.2) is 0 Å². The first kappa shape index (κ1) is 21.0. The van der Waals surface area contributed by atoms with Crippen LogP contribution in [0.4, 0.5) is 0 Å². The van der Waals surface area contributed by atoms with Crippen molar-refractivity contribution in [3.63, 3.8) is 0 Å². The first-order chi connectivity index (χ1) is 15.3. The summed E-state index contributed by atoms with van der Waals surface area (Å²) in [6, 6.07) is 12.3. The van der Waals surface area contributed by atoms with Gasteiger partial charge in [-0.25, -0.2) is 4.99 Å². The van der Waals surface area contributed by atoms with E-state index in [0.717, 1.165) is 54.8 Å². The zero-order valence-corrected chi connectivity index (χ0v) is 18.3. The van der Waals surface area contributed by atoms with Crippen molar-refractivity contribution in [1.82, 2.24) is 25.6 Å². The van der Waals surface area contributed by atoms with Gasteiger partial charge in [0.05, 0.1) is 11.7 Å². The number of rotatable bonds is 10. The van der Waals surface area contributed by atoms with E-state index in [1.165, 1.54) is 24.1 Å². The highest BCUT2D eigenvalue weighted by Crippen LogP contribution is 2.28.